The van der Waals surface area contributed by atoms with Crippen LogP contribution in [-0.4, -0.2) is 42.9 Å². The molecule has 2 aromatic rings. The number of amides is 1. The standard InChI is InChI=1S/C19H22N4O3S/c1-15-6-8-18(9-7-15)27(25,26)23-11-3-5-17(14-23)19(24)22-21-13-16-4-2-10-20-12-16/h2,4,6-10,12-13,17H,3,5,11,14H2,1H3,(H,22,24)/b21-13-/t17-/m0/s1. The lowest BCUT2D eigenvalue weighted by Crippen LogP contribution is -2.44. The number of carbonyl (C=O) groups is 1. The lowest BCUT2D eigenvalue weighted by molar-refractivity contribution is -0.126. The molecule has 1 saturated heterocycles. The molecule has 1 aliphatic heterocycles. The van der Waals surface area contributed by atoms with E-state index in [0.29, 0.717) is 19.4 Å². The van der Waals surface area contributed by atoms with Crippen LogP contribution in [-0.2, 0) is 14.8 Å². The number of piperidine rings is 1. The van der Waals surface area contributed by atoms with Crippen LogP contribution >= 0.6 is 0 Å². The molecule has 1 aromatic heterocycles. The smallest absolute Gasteiger partial charge is 0.244 e. The number of hydrazone groups is 1. The van der Waals surface area contributed by atoms with Crippen molar-refractivity contribution >= 4 is 22.1 Å². The molecular formula is C19H22N4O3S. The van der Waals surface area contributed by atoms with Crippen LogP contribution in [0.4, 0.5) is 0 Å². The minimum atomic E-state index is -3.60. The Kier molecular flexibility index (Phi) is 5.98. The second-order valence-electron chi connectivity index (χ2n) is 6.54. The molecule has 8 heteroatoms. The molecule has 0 bridgehead atoms. The Labute approximate surface area is 159 Å². The molecular weight excluding hydrogens is 364 g/mol. The van der Waals surface area contributed by atoms with Gasteiger partial charge in [0.1, 0.15) is 0 Å². The van der Waals surface area contributed by atoms with Crippen molar-refractivity contribution in [3.63, 3.8) is 0 Å². The maximum atomic E-state index is 12.8. The van der Waals surface area contributed by atoms with Gasteiger partial charge >= 0.3 is 0 Å². The van der Waals surface area contributed by atoms with Crippen LogP contribution in [0.1, 0.15) is 24.0 Å². The molecule has 0 aliphatic carbocycles. The molecule has 1 atom stereocenters. The number of hydrogen-bond acceptors (Lipinski definition) is 5. The topological polar surface area (TPSA) is 91.7 Å². The van der Waals surface area contributed by atoms with Gasteiger partial charge < -0.3 is 0 Å². The summed E-state index contributed by atoms with van der Waals surface area (Å²) < 4.78 is 27.0. The first-order chi connectivity index (χ1) is 13.0. The summed E-state index contributed by atoms with van der Waals surface area (Å²) in [5.74, 6) is -0.705. The number of aromatic nitrogens is 1. The van der Waals surface area contributed by atoms with Crippen LogP contribution in [0.15, 0.2) is 58.8 Å². The van der Waals surface area contributed by atoms with Gasteiger partial charge in [-0.05, 0) is 38.0 Å². The van der Waals surface area contributed by atoms with Gasteiger partial charge in [-0.2, -0.15) is 9.41 Å². The Hall–Kier alpha value is -2.58. The number of rotatable bonds is 5. The number of nitrogens with one attached hydrogen (secondary N) is 1. The van der Waals surface area contributed by atoms with Crippen LogP contribution in [0, 0.1) is 12.8 Å². The van der Waals surface area contributed by atoms with Gasteiger partial charge in [0.25, 0.3) is 0 Å². The molecule has 142 valence electrons. The molecule has 1 aliphatic rings. The molecule has 0 spiro atoms. The molecule has 2 heterocycles. The van der Waals surface area contributed by atoms with E-state index >= 15 is 0 Å². The van der Waals surface area contributed by atoms with Gasteiger partial charge in [0.2, 0.25) is 15.9 Å². The Bertz CT molecular complexity index is 912. The highest BCUT2D eigenvalue weighted by Gasteiger charge is 2.33. The number of aryl methyl sites for hydroxylation is 1. The van der Waals surface area contributed by atoms with Crippen LogP contribution in [0.25, 0.3) is 0 Å². The van der Waals surface area contributed by atoms with Crippen LogP contribution in [0.3, 0.4) is 0 Å². The zero-order chi connectivity index (χ0) is 19.3. The molecule has 1 amide bonds. The van der Waals surface area contributed by atoms with Gasteiger partial charge in [0.05, 0.1) is 17.0 Å². The Morgan fingerprint density at radius 3 is 2.78 bits per heavy atom. The molecule has 3 rings (SSSR count). The summed E-state index contributed by atoms with van der Waals surface area (Å²) in [4.78, 5) is 16.6. The Morgan fingerprint density at radius 1 is 1.30 bits per heavy atom. The predicted octanol–water partition coefficient (Wildman–Crippen LogP) is 1.94. The first-order valence-corrected chi connectivity index (χ1v) is 10.2. The third-order valence-corrected chi connectivity index (χ3v) is 6.37. The number of nitrogens with zero attached hydrogens (tertiary/aromatic N) is 3. The van der Waals surface area contributed by atoms with E-state index in [-0.39, 0.29) is 17.3 Å². The van der Waals surface area contributed by atoms with Gasteiger partial charge in [-0.3, -0.25) is 9.78 Å². The number of benzene rings is 1. The van der Waals surface area contributed by atoms with Gasteiger partial charge in [0.15, 0.2) is 0 Å². The van der Waals surface area contributed by atoms with Crippen LogP contribution in [0.2, 0.25) is 0 Å². The number of carbonyl (C=O) groups excluding carboxylic acids is 1. The van der Waals surface area contributed by atoms with Crippen molar-refractivity contribution in [2.75, 3.05) is 13.1 Å². The van der Waals surface area contributed by atoms with E-state index in [1.54, 1.807) is 42.7 Å². The molecule has 27 heavy (non-hydrogen) atoms. The molecule has 1 fully saturated rings. The second-order valence-corrected chi connectivity index (χ2v) is 8.47. The summed E-state index contributed by atoms with van der Waals surface area (Å²) in [6, 6.07) is 10.3. The first kappa shape index (κ1) is 19.2. The lowest BCUT2D eigenvalue weighted by Gasteiger charge is -2.30. The van der Waals surface area contributed by atoms with Crippen LogP contribution in [0.5, 0.6) is 0 Å². The van der Waals surface area contributed by atoms with E-state index in [1.807, 2.05) is 13.0 Å². The predicted molar refractivity (Wildman–Crippen MR) is 103 cm³/mol. The monoisotopic (exact) mass is 386 g/mol. The zero-order valence-corrected chi connectivity index (χ0v) is 15.9. The van der Waals surface area contributed by atoms with Crippen molar-refractivity contribution in [3.05, 3.63) is 59.9 Å². The van der Waals surface area contributed by atoms with Crippen molar-refractivity contribution in [1.82, 2.24) is 14.7 Å². The minimum absolute atomic E-state index is 0.157. The fraction of sp³-hybridized carbons (Fsp3) is 0.316. The largest absolute Gasteiger partial charge is 0.273 e. The summed E-state index contributed by atoms with van der Waals surface area (Å²) >= 11 is 0. The average molecular weight is 386 g/mol. The number of pyridine rings is 1. The first-order valence-electron chi connectivity index (χ1n) is 8.76. The minimum Gasteiger partial charge on any atom is -0.273 e. The third-order valence-electron chi connectivity index (χ3n) is 4.49. The average Bonchev–Trinajstić information content (AvgIpc) is 2.69. The normalized spacial score (nSPS) is 18.5. The number of hydrogen-bond donors (Lipinski definition) is 1. The summed E-state index contributed by atoms with van der Waals surface area (Å²) in [5.41, 5.74) is 4.27. The number of sulfonamides is 1. The fourth-order valence-electron chi connectivity index (χ4n) is 2.95. The highest BCUT2D eigenvalue weighted by molar-refractivity contribution is 7.89. The quantitative estimate of drug-likeness (QED) is 0.628. The summed E-state index contributed by atoms with van der Waals surface area (Å²) in [7, 11) is -3.60. The van der Waals surface area contributed by atoms with Crippen molar-refractivity contribution in [2.45, 2.75) is 24.7 Å². The van der Waals surface area contributed by atoms with E-state index in [9.17, 15) is 13.2 Å². The fourth-order valence-corrected chi connectivity index (χ4v) is 4.47. The van der Waals surface area contributed by atoms with Crippen LogP contribution < -0.4 is 5.43 Å². The van der Waals surface area contributed by atoms with E-state index in [0.717, 1.165) is 11.1 Å². The molecule has 1 aromatic carbocycles. The molecule has 7 nitrogen and oxygen atoms in total. The Morgan fingerprint density at radius 2 is 2.07 bits per heavy atom. The molecule has 0 unspecified atom stereocenters. The summed E-state index contributed by atoms with van der Waals surface area (Å²) in [6.45, 7) is 2.48. The lowest BCUT2D eigenvalue weighted by atomic mass is 9.99. The van der Waals surface area contributed by atoms with Gasteiger partial charge in [0, 0.05) is 31.0 Å². The summed E-state index contributed by atoms with van der Waals surface area (Å²) in [5, 5.41) is 3.94. The highest BCUT2D eigenvalue weighted by Crippen LogP contribution is 2.24. The van der Waals surface area contributed by atoms with E-state index in [2.05, 4.69) is 15.5 Å². The van der Waals surface area contributed by atoms with Gasteiger partial charge in [-0.15, -0.1) is 0 Å². The maximum Gasteiger partial charge on any atom is 0.244 e. The molecule has 1 N–H and O–H groups in total. The van der Waals surface area contributed by atoms with E-state index in [1.165, 1.54) is 10.5 Å². The van der Waals surface area contributed by atoms with E-state index in [4.69, 9.17) is 0 Å². The Balaban J connectivity index is 1.64. The van der Waals surface area contributed by atoms with Gasteiger partial charge in [-0.1, -0.05) is 23.8 Å². The SMILES string of the molecule is Cc1ccc(S(=O)(=O)N2CCC[C@H](C(=O)N/N=C\c3cccnc3)C2)cc1. The van der Waals surface area contributed by atoms with Crippen molar-refractivity contribution in [1.29, 1.82) is 0 Å². The van der Waals surface area contributed by atoms with Gasteiger partial charge in [-0.25, -0.2) is 13.8 Å². The molecule has 0 saturated carbocycles. The second kappa shape index (κ2) is 8.41. The maximum absolute atomic E-state index is 12.8. The third kappa shape index (κ3) is 4.78. The summed E-state index contributed by atoms with van der Waals surface area (Å²) in [6.07, 6.45) is 6.06. The highest BCUT2D eigenvalue weighted by atomic mass is 32.2. The van der Waals surface area contributed by atoms with Crippen molar-refractivity contribution < 1.29 is 13.2 Å². The zero-order valence-electron chi connectivity index (χ0n) is 15.1. The van der Waals surface area contributed by atoms with Crippen molar-refractivity contribution in [2.24, 2.45) is 11.0 Å². The molecule has 0 radical (unpaired) electrons. The van der Waals surface area contributed by atoms with E-state index < -0.39 is 15.9 Å². The van der Waals surface area contributed by atoms with Crippen molar-refractivity contribution in [3.8, 4) is 0 Å².